The van der Waals surface area contributed by atoms with Crippen molar-refractivity contribution in [2.75, 3.05) is 14.1 Å². The zero-order chi connectivity index (χ0) is 11.1. The van der Waals surface area contributed by atoms with Crippen LogP contribution in [0.25, 0.3) is 4.95 Å². The average Bonchev–Trinajstić information content (AvgIpc) is 2.15. The Morgan fingerprint density at radius 1 is 1.64 bits per heavy atom. The lowest BCUT2D eigenvalue weighted by molar-refractivity contribution is -0.129. The van der Waals surface area contributed by atoms with Crippen molar-refractivity contribution in [2.45, 2.75) is 20.0 Å². The largest absolute Gasteiger partial charge is 0.331 e. The van der Waals surface area contributed by atoms with Gasteiger partial charge in [0.15, 0.2) is 0 Å². The zero-order valence-electron chi connectivity index (χ0n) is 8.83. The van der Waals surface area contributed by atoms with Crippen LogP contribution in [0.5, 0.6) is 0 Å². The first-order valence-electron chi connectivity index (χ1n) is 4.12. The third-order valence-corrected chi connectivity index (χ3v) is 1.81. The van der Waals surface area contributed by atoms with Gasteiger partial charge in [0.05, 0.1) is 0 Å². The van der Waals surface area contributed by atoms with Crippen molar-refractivity contribution in [3.63, 3.8) is 0 Å². The van der Waals surface area contributed by atoms with E-state index in [0.29, 0.717) is 5.96 Å². The molecule has 0 aliphatic carbocycles. The lowest BCUT2D eigenvalue weighted by atomic mass is 10.4. The van der Waals surface area contributed by atoms with E-state index in [0.717, 1.165) is 0 Å². The van der Waals surface area contributed by atoms with E-state index < -0.39 is 0 Å². The predicted octanol–water partition coefficient (Wildman–Crippen LogP) is -0.190. The highest BCUT2D eigenvalue weighted by Gasteiger charge is 2.13. The lowest BCUT2D eigenvalue weighted by Gasteiger charge is -2.24. The molecule has 0 aromatic heterocycles. The van der Waals surface area contributed by atoms with Crippen LogP contribution in [0.3, 0.4) is 0 Å². The fourth-order valence-electron chi connectivity index (χ4n) is 0.767. The summed E-state index contributed by atoms with van der Waals surface area (Å²) >= 11 is 0. The number of nitrogens with zero attached hydrogens (tertiary/aromatic N) is 3. The van der Waals surface area contributed by atoms with E-state index in [-0.39, 0.29) is 12.1 Å². The maximum absolute atomic E-state index is 11.0. The second-order valence-corrected chi connectivity index (χ2v) is 2.75. The summed E-state index contributed by atoms with van der Waals surface area (Å²) in [7, 11) is 3.23. The van der Waals surface area contributed by atoms with Crippen molar-refractivity contribution in [1.29, 1.82) is 0 Å². The van der Waals surface area contributed by atoms with Gasteiger partial charge in [0, 0.05) is 21.0 Å². The van der Waals surface area contributed by atoms with Crippen molar-refractivity contribution >= 4 is 11.9 Å². The number of carbonyl (C=O) groups is 1. The number of guanidine groups is 1. The Labute approximate surface area is 83.8 Å². The smallest absolute Gasteiger partial charge is 0.263 e. The van der Waals surface area contributed by atoms with Crippen molar-refractivity contribution in [1.82, 2.24) is 15.6 Å². The first kappa shape index (κ1) is 12.2. The SMILES string of the molecule is [C-]#[N+]NC(=NC)NC(C)N(C)C(C)=O. The molecular weight excluding hydrogens is 182 g/mol. The van der Waals surface area contributed by atoms with Crippen LogP contribution in [0.2, 0.25) is 0 Å². The van der Waals surface area contributed by atoms with Crippen molar-refractivity contribution in [3.05, 3.63) is 11.5 Å². The van der Waals surface area contributed by atoms with Crippen molar-refractivity contribution < 1.29 is 4.79 Å². The Bertz CT molecular complexity index is 267. The molecule has 6 heteroatoms. The Kier molecular flexibility index (Phi) is 5.07. The molecule has 1 atom stereocenters. The van der Waals surface area contributed by atoms with Crippen LogP contribution in [-0.2, 0) is 4.79 Å². The van der Waals surface area contributed by atoms with Gasteiger partial charge in [-0.15, -0.1) is 0 Å². The highest BCUT2D eigenvalue weighted by molar-refractivity contribution is 5.81. The summed E-state index contributed by atoms with van der Waals surface area (Å²) in [5.41, 5.74) is 2.35. The third kappa shape index (κ3) is 3.76. The molecule has 0 aliphatic heterocycles. The number of aliphatic imine (C=N–C) groups is 1. The minimum atomic E-state index is -0.208. The van der Waals surface area contributed by atoms with E-state index in [1.807, 2.05) is 0 Å². The molecule has 78 valence electrons. The topological polar surface area (TPSA) is 61.1 Å². The van der Waals surface area contributed by atoms with Crippen LogP contribution in [0, 0.1) is 6.57 Å². The van der Waals surface area contributed by atoms with Gasteiger partial charge in [-0.2, -0.15) is 11.5 Å². The molecule has 0 saturated carbocycles. The number of carbonyl (C=O) groups excluding carboxylic acids is 1. The van der Waals surface area contributed by atoms with E-state index in [1.54, 1.807) is 21.0 Å². The van der Waals surface area contributed by atoms with Crippen LogP contribution in [-0.4, -0.2) is 37.0 Å². The second kappa shape index (κ2) is 5.80. The van der Waals surface area contributed by atoms with E-state index >= 15 is 0 Å². The summed E-state index contributed by atoms with van der Waals surface area (Å²) in [5, 5.41) is 2.88. The Morgan fingerprint density at radius 2 is 2.21 bits per heavy atom. The van der Waals surface area contributed by atoms with Crippen LogP contribution in [0.1, 0.15) is 13.8 Å². The Balaban J connectivity index is 4.24. The van der Waals surface area contributed by atoms with Crippen LogP contribution < -0.4 is 10.7 Å². The lowest BCUT2D eigenvalue weighted by Crippen LogP contribution is -2.49. The number of rotatable bonds is 2. The molecule has 0 fully saturated rings. The highest BCUT2D eigenvalue weighted by atomic mass is 16.2. The normalized spacial score (nSPS) is 12.6. The van der Waals surface area contributed by atoms with Gasteiger partial charge in [0.1, 0.15) is 6.17 Å². The first-order valence-corrected chi connectivity index (χ1v) is 4.12. The van der Waals surface area contributed by atoms with Crippen LogP contribution in [0.4, 0.5) is 0 Å². The molecule has 0 rings (SSSR count). The molecule has 0 heterocycles. The minimum absolute atomic E-state index is 0.0525. The van der Waals surface area contributed by atoms with Gasteiger partial charge in [0.2, 0.25) is 5.91 Å². The van der Waals surface area contributed by atoms with Gasteiger partial charge in [-0.25, -0.2) is 0 Å². The fourth-order valence-corrected chi connectivity index (χ4v) is 0.767. The zero-order valence-corrected chi connectivity index (χ0v) is 8.83. The second-order valence-electron chi connectivity index (χ2n) is 2.75. The van der Waals surface area contributed by atoms with Gasteiger partial charge >= 0.3 is 0 Å². The first-order chi connectivity index (χ1) is 6.52. The predicted molar refractivity (Wildman–Crippen MR) is 54.1 cm³/mol. The maximum Gasteiger partial charge on any atom is 0.263 e. The average molecular weight is 197 g/mol. The van der Waals surface area contributed by atoms with Gasteiger partial charge in [-0.1, -0.05) is 5.43 Å². The fraction of sp³-hybridized carbons (Fsp3) is 0.625. The summed E-state index contributed by atoms with van der Waals surface area (Å²) < 4.78 is 0. The van der Waals surface area contributed by atoms with Crippen molar-refractivity contribution in [3.8, 4) is 0 Å². The van der Waals surface area contributed by atoms with Gasteiger partial charge in [-0.05, 0) is 6.92 Å². The summed E-state index contributed by atoms with van der Waals surface area (Å²) in [4.78, 5) is 19.3. The standard InChI is InChI=1S/C8H15N5O/c1-6(13(5)7(2)14)11-8(9-3)12-10-4/h6H,1-3,5H3,(H2,9,11,12). The minimum Gasteiger partial charge on any atom is -0.331 e. The summed E-state index contributed by atoms with van der Waals surface area (Å²) in [6, 6.07) is 0. The molecule has 0 aromatic rings. The summed E-state index contributed by atoms with van der Waals surface area (Å²) in [6.07, 6.45) is -0.208. The molecular formula is C8H15N5O. The van der Waals surface area contributed by atoms with Gasteiger partial charge < -0.3 is 10.2 Å². The molecule has 0 saturated heterocycles. The highest BCUT2D eigenvalue weighted by Crippen LogP contribution is 1.91. The molecule has 0 aromatic carbocycles. The monoisotopic (exact) mass is 197 g/mol. The quantitative estimate of drug-likeness (QED) is 0.212. The molecule has 0 bridgehead atoms. The van der Waals surface area contributed by atoms with E-state index in [9.17, 15) is 4.79 Å². The van der Waals surface area contributed by atoms with Gasteiger partial charge in [0.25, 0.3) is 5.96 Å². The van der Waals surface area contributed by atoms with Gasteiger partial charge in [-0.3, -0.25) is 9.79 Å². The van der Waals surface area contributed by atoms with Crippen LogP contribution in [0.15, 0.2) is 4.99 Å². The number of hydrogen-bond donors (Lipinski definition) is 2. The van der Waals surface area contributed by atoms with E-state index in [2.05, 4.69) is 20.7 Å². The Morgan fingerprint density at radius 3 is 2.57 bits per heavy atom. The number of amides is 1. The molecule has 2 N–H and O–H groups in total. The number of nitrogens with one attached hydrogen (secondary N) is 2. The van der Waals surface area contributed by atoms with E-state index in [1.165, 1.54) is 11.8 Å². The molecule has 1 unspecified atom stereocenters. The molecule has 14 heavy (non-hydrogen) atoms. The van der Waals surface area contributed by atoms with Crippen LogP contribution >= 0.6 is 0 Å². The summed E-state index contributed by atoms with van der Waals surface area (Å²) in [6.45, 7) is 9.86. The van der Waals surface area contributed by atoms with E-state index in [4.69, 9.17) is 6.57 Å². The molecule has 0 spiro atoms. The van der Waals surface area contributed by atoms with Crippen molar-refractivity contribution in [2.24, 2.45) is 4.99 Å². The maximum atomic E-state index is 11.0. The summed E-state index contributed by atoms with van der Waals surface area (Å²) in [5.74, 6) is 0.295. The molecule has 1 amide bonds. The molecule has 6 nitrogen and oxygen atoms in total. The number of hydrogen-bond acceptors (Lipinski definition) is 2. The Hall–Kier alpha value is -1.77. The third-order valence-electron chi connectivity index (χ3n) is 1.81. The molecule has 0 aliphatic rings. The molecule has 0 radical (unpaired) electrons.